The largest absolute Gasteiger partial charge is 0.274 e. The van der Waals surface area contributed by atoms with Crippen molar-refractivity contribution in [2.75, 3.05) is 5.75 Å². The second kappa shape index (κ2) is 4.48. The maximum absolute atomic E-state index is 10.8. The lowest BCUT2D eigenvalue weighted by Gasteiger charge is -2.00. The maximum Gasteiger partial charge on any atom is 0.271 e. The first-order valence-corrected chi connectivity index (χ1v) is 4.89. The number of pyridine rings is 1. The Labute approximate surface area is 80.3 Å². The monoisotopic (exact) mass is 201 g/mol. The van der Waals surface area contributed by atoms with Gasteiger partial charge in [0.1, 0.15) is 5.69 Å². The predicted molar refractivity (Wildman–Crippen MR) is 50.8 cm³/mol. The van der Waals surface area contributed by atoms with Crippen LogP contribution in [0.2, 0.25) is 0 Å². The molecule has 0 saturated carbocycles. The van der Waals surface area contributed by atoms with E-state index in [1.807, 2.05) is 13.0 Å². The number of nitrogens with zero attached hydrogens (tertiary/aromatic N) is 1. The van der Waals surface area contributed by atoms with Crippen LogP contribution in [0.5, 0.6) is 0 Å². The zero-order valence-corrected chi connectivity index (χ0v) is 8.15. The second-order valence-electron chi connectivity index (χ2n) is 2.06. The lowest BCUT2D eigenvalue weighted by atomic mass is 10.4. The smallest absolute Gasteiger partial charge is 0.271 e. The van der Waals surface area contributed by atoms with Gasteiger partial charge in [0.2, 0.25) is 0 Å². The van der Waals surface area contributed by atoms with Crippen LogP contribution in [0, 0.1) is 0 Å². The zero-order chi connectivity index (χ0) is 8.97. The number of rotatable bonds is 3. The Bertz CT molecular complexity index is 290. The molecule has 1 aromatic rings. The molecule has 0 radical (unpaired) electrons. The fourth-order valence-electron chi connectivity index (χ4n) is 0.810. The number of carbonyl (C=O) groups excluding carboxylic acids is 1. The van der Waals surface area contributed by atoms with E-state index in [1.54, 1.807) is 24.0 Å². The van der Waals surface area contributed by atoms with Crippen LogP contribution in [-0.4, -0.2) is 16.0 Å². The molecule has 0 aliphatic rings. The van der Waals surface area contributed by atoms with Gasteiger partial charge >= 0.3 is 0 Å². The van der Waals surface area contributed by atoms with Gasteiger partial charge in [0.15, 0.2) is 0 Å². The van der Waals surface area contributed by atoms with Crippen LogP contribution >= 0.6 is 23.4 Å². The molecule has 0 atom stereocenters. The SMILES string of the molecule is CCSc1cccnc1C(=O)Cl. The van der Waals surface area contributed by atoms with Gasteiger partial charge < -0.3 is 0 Å². The highest BCUT2D eigenvalue weighted by atomic mass is 35.5. The molecule has 64 valence electrons. The summed E-state index contributed by atoms with van der Waals surface area (Å²) in [5.74, 6) is 0.906. The summed E-state index contributed by atoms with van der Waals surface area (Å²) < 4.78 is 0. The van der Waals surface area contributed by atoms with Crippen LogP contribution in [0.15, 0.2) is 23.2 Å². The third kappa shape index (κ3) is 2.22. The van der Waals surface area contributed by atoms with Crippen molar-refractivity contribution in [2.24, 2.45) is 0 Å². The molecule has 0 aromatic carbocycles. The molecule has 1 heterocycles. The highest BCUT2D eigenvalue weighted by Crippen LogP contribution is 2.21. The van der Waals surface area contributed by atoms with Crippen molar-refractivity contribution < 1.29 is 4.79 Å². The molecule has 1 aromatic heterocycles. The Kier molecular flexibility index (Phi) is 3.56. The summed E-state index contributed by atoms with van der Waals surface area (Å²) in [5, 5.41) is -0.494. The summed E-state index contributed by atoms with van der Waals surface area (Å²) in [6.07, 6.45) is 1.56. The molecule has 4 heteroatoms. The van der Waals surface area contributed by atoms with Gasteiger partial charge in [0.25, 0.3) is 5.24 Å². The van der Waals surface area contributed by atoms with Crippen LogP contribution in [-0.2, 0) is 0 Å². The van der Waals surface area contributed by atoms with Crippen molar-refractivity contribution in [3.63, 3.8) is 0 Å². The molecule has 0 aliphatic heterocycles. The Morgan fingerprint density at radius 3 is 3.08 bits per heavy atom. The van der Waals surface area contributed by atoms with E-state index < -0.39 is 5.24 Å². The van der Waals surface area contributed by atoms with Crippen molar-refractivity contribution >= 4 is 28.6 Å². The summed E-state index contributed by atoms with van der Waals surface area (Å²) in [5.41, 5.74) is 0.353. The fraction of sp³-hybridized carbons (Fsp3) is 0.250. The lowest BCUT2D eigenvalue weighted by molar-refractivity contribution is 0.107. The Morgan fingerprint density at radius 1 is 1.75 bits per heavy atom. The summed E-state index contributed by atoms with van der Waals surface area (Å²) >= 11 is 6.89. The Balaban J connectivity index is 3.00. The van der Waals surface area contributed by atoms with Crippen LogP contribution in [0.3, 0.4) is 0 Å². The number of carbonyl (C=O) groups is 1. The van der Waals surface area contributed by atoms with Crippen LogP contribution in [0.4, 0.5) is 0 Å². The normalized spacial score (nSPS) is 9.83. The lowest BCUT2D eigenvalue weighted by Crippen LogP contribution is -1.95. The zero-order valence-electron chi connectivity index (χ0n) is 6.58. The molecule has 0 saturated heterocycles. The van der Waals surface area contributed by atoms with Gasteiger partial charge in [0.05, 0.1) is 0 Å². The van der Waals surface area contributed by atoms with E-state index in [-0.39, 0.29) is 0 Å². The highest BCUT2D eigenvalue weighted by Gasteiger charge is 2.08. The van der Waals surface area contributed by atoms with Crippen LogP contribution in [0.1, 0.15) is 17.4 Å². The molecule has 0 spiro atoms. The van der Waals surface area contributed by atoms with Gasteiger partial charge in [-0.15, -0.1) is 11.8 Å². The topological polar surface area (TPSA) is 30.0 Å². The molecule has 0 amide bonds. The minimum absolute atomic E-state index is 0.353. The predicted octanol–water partition coefficient (Wildman–Crippen LogP) is 2.57. The van der Waals surface area contributed by atoms with Crippen LogP contribution < -0.4 is 0 Å². The summed E-state index contributed by atoms with van der Waals surface area (Å²) in [7, 11) is 0. The molecule has 0 aliphatic carbocycles. The van der Waals surface area contributed by atoms with Crippen molar-refractivity contribution in [1.29, 1.82) is 0 Å². The van der Waals surface area contributed by atoms with Crippen molar-refractivity contribution in [2.45, 2.75) is 11.8 Å². The van der Waals surface area contributed by atoms with Crippen molar-refractivity contribution in [3.8, 4) is 0 Å². The van der Waals surface area contributed by atoms with Gasteiger partial charge in [-0.05, 0) is 29.5 Å². The Hall–Kier alpha value is -0.540. The molecule has 0 N–H and O–H groups in total. The number of hydrogen-bond acceptors (Lipinski definition) is 3. The summed E-state index contributed by atoms with van der Waals surface area (Å²) in [6, 6.07) is 3.64. The molecule has 0 bridgehead atoms. The first-order chi connectivity index (χ1) is 5.75. The second-order valence-corrected chi connectivity index (χ2v) is 3.71. The Morgan fingerprint density at radius 2 is 2.50 bits per heavy atom. The average Bonchev–Trinajstić information content (AvgIpc) is 2.05. The molecule has 1 rings (SSSR count). The number of halogens is 1. The molecule has 2 nitrogen and oxygen atoms in total. The third-order valence-corrected chi connectivity index (χ3v) is 2.36. The van der Waals surface area contributed by atoms with Gasteiger partial charge in [-0.2, -0.15) is 0 Å². The van der Waals surface area contributed by atoms with Gasteiger partial charge in [-0.25, -0.2) is 0 Å². The minimum Gasteiger partial charge on any atom is -0.274 e. The third-order valence-electron chi connectivity index (χ3n) is 1.26. The van der Waals surface area contributed by atoms with Crippen molar-refractivity contribution in [3.05, 3.63) is 24.0 Å². The van der Waals surface area contributed by atoms with Gasteiger partial charge in [-0.3, -0.25) is 9.78 Å². The minimum atomic E-state index is -0.494. The maximum atomic E-state index is 10.8. The number of aromatic nitrogens is 1. The van der Waals surface area contributed by atoms with E-state index in [1.165, 1.54) is 0 Å². The van der Waals surface area contributed by atoms with E-state index in [2.05, 4.69) is 4.98 Å². The van der Waals surface area contributed by atoms with E-state index >= 15 is 0 Å². The molecular weight excluding hydrogens is 194 g/mol. The summed E-state index contributed by atoms with van der Waals surface area (Å²) in [6.45, 7) is 2.01. The quantitative estimate of drug-likeness (QED) is 0.556. The van der Waals surface area contributed by atoms with Crippen molar-refractivity contribution in [1.82, 2.24) is 4.98 Å². The van der Waals surface area contributed by atoms with E-state index in [0.29, 0.717) is 5.69 Å². The van der Waals surface area contributed by atoms with Crippen LogP contribution in [0.25, 0.3) is 0 Å². The number of thioether (sulfide) groups is 1. The van der Waals surface area contributed by atoms with E-state index in [0.717, 1.165) is 10.6 Å². The molecule has 0 unspecified atom stereocenters. The first kappa shape index (κ1) is 9.55. The number of hydrogen-bond donors (Lipinski definition) is 0. The van der Waals surface area contributed by atoms with E-state index in [4.69, 9.17) is 11.6 Å². The van der Waals surface area contributed by atoms with Gasteiger partial charge in [0, 0.05) is 11.1 Å². The summed E-state index contributed by atoms with van der Waals surface area (Å²) in [4.78, 5) is 15.6. The first-order valence-electron chi connectivity index (χ1n) is 3.53. The van der Waals surface area contributed by atoms with Gasteiger partial charge in [-0.1, -0.05) is 6.92 Å². The molecular formula is C8H8ClNOS. The fourth-order valence-corrected chi connectivity index (χ4v) is 1.78. The van der Waals surface area contributed by atoms with E-state index in [9.17, 15) is 4.79 Å². The molecule has 12 heavy (non-hydrogen) atoms. The highest BCUT2D eigenvalue weighted by molar-refractivity contribution is 7.99. The molecule has 0 fully saturated rings. The standard InChI is InChI=1S/C8H8ClNOS/c1-2-12-6-4-3-5-10-7(6)8(9)11/h3-5H,2H2,1H3. The average molecular weight is 202 g/mol.